The van der Waals surface area contributed by atoms with Crippen molar-refractivity contribution >= 4 is 47.4 Å². The van der Waals surface area contributed by atoms with E-state index >= 15 is 0 Å². The first-order valence-electron chi connectivity index (χ1n) is 17.5. The third kappa shape index (κ3) is 7.91. The summed E-state index contributed by atoms with van der Waals surface area (Å²) in [5, 5.41) is 27.0. The monoisotopic (exact) mass is 719 g/mol. The van der Waals surface area contributed by atoms with E-state index in [2.05, 4.69) is 26.4 Å². The van der Waals surface area contributed by atoms with Crippen LogP contribution in [0.4, 0.5) is 4.79 Å². The van der Waals surface area contributed by atoms with Crippen molar-refractivity contribution in [1.29, 1.82) is 0 Å². The van der Waals surface area contributed by atoms with Crippen molar-refractivity contribution in [2.45, 2.75) is 119 Å². The summed E-state index contributed by atoms with van der Waals surface area (Å²) in [5.41, 5.74) is -0.969. The van der Waals surface area contributed by atoms with E-state index in [0.29, 0.717) is 31.2 Å². The van der Waals surface area contributed by atoms with Crippen LogP contribution in [-0.4, -0.2) is 98.0 Å². The summed E-state index contributed by atoms with van der Waals surface area (Å²) in [6.07, 6.45) is 6.65. The standard InChI is InChI=1S/C33H49N7O7S2/c1-32(2,3)47-31(46)37-22-10-8-6-4-5-7-9-19-16-33(19,30(44)45)38-25(41)23-15-20(18-39(23)28(22)42)40-29(43)24(27-35-12-14-49-27)21(17-36-40)26-34-11-13-48-26/h17,19-20,22-23,26-27,34-35H,4-16,18H2,1-3H3,(H,37,46)(H,38,41)(H,44,45)/t19-,20+,22-,23?,26?,27?,33+/m1/s1. The van der Waals surface area contributed by atoms with Crippen LogP contribution in [0, 0.1) is 5.92 Å². The van der Waals surface area contributed by atoms with Crippen LogP contribution in [0.1, 0.15) is 106 Å². The van der Waals surface area contributed by atoms with E-state index in [9.17, 15) is 29.1 Å². The zero-order chi connectivity index (χ0) is 34.9. The number of fused-ring (bicyclic) bond motifs is 2. The van der Waals surface area contributed by atoms with E-state index in [0.717, 1.165) is 55.8 Å². The smallest absolute Gasteiger partial charge is 0.408 e. The maximum absolute atomic E-state index is 14.4. The lowest BCUT2D eigenvalue weighted by molar-refractivity contribution is -0.146. The van der Waals surface area contributed by atoms with Crippen LogP contribution in [0.2, 0.25) is 0 Å². The number of amides is 3. The van der Waals surface area contributed by atoms with Crippen molar-refractivity contribution in [2.75, 3.05) is 31.1 Å². The minimum atomic E-state index is -1.38. The molecule has 0 spiro atoms. The third-order valence-electron chi connectivity index (χ3n) is 10.1. The topological polar surface area (TPSA) is 184 Å². The van der Waals surface area contributed by atoms with Crippen LogP contribution < -0.4 is 26.8 Å². The molecule has 4 saturated heterocycles. The van der Waals surface area contributed by atoms with Gasteiger partial charge in [-0.05, 0) is 46.0 Å². The summed E-state index contributed by atoms with van der Waals surface area (Å²) >= 11 is 3.39. The Labute approximate surface area is 295 Å². The summed E-state index contributed by atoms with van der Waals surface area (Å²) < 4.78 is 6.89. The molecule has 49 heavy (non-hydrogen) atoms. The van der Waals surface area contributed by atoms with Gasteiger partial charge in [0.1, 0.15) is 23.2 Å². The Morgan fingerprint density at radius 3 is 2.35 bits per heavy atom. The van der Waals surface area contributed by atoms with Gasteiger partial charge in [-0.15, -0.1) is 23.5 Å². The number of carboxylic acids is 1. The van der Waals surface area contributed by atoms with Crippen molar-refractivity contribution in [3.05, 3.63) is 27.7 Å². The normalized spacial score (nSPS) is 32.8. The van der Waals surface area contributed by atoms with Gasteiger partial charge >= 0.3 is 12.1 Å². The Hall–Kier alpha value is -2.82. The molecular formula is C33H49N7O7S2. The molecule has 3 unspecified atom stereocenters. The predicted molar refractivity (Wildman–Crippen MR) is 186 cm³/mol. The summed E-state index contributed by atoms with van der Waals surface area (Å²) in [6.45, 7) is 6.83. The molecule has 5 fully saturated rings. The lowest BCUT2D eigenvalue weighted by atomic mass is 10.0. The fourth-order valence-electron chi connectivity index (χ4n) is 7.57. The fourth-order valence-corrected chi connectivity index (χ4v) is 9.76. The van der Waals surface area contributed by atoms with Crippen molar-refractivity contribution in [1.82, 2.24) is 35.9 Å². The Bertz CT molecular complexity index is 1490. The second-order valence-corrected chi connectivity index (χ2v) is 17.2. The first-order chi connectivity index (χ1) is 23.4. The van der Waals surface area contributed by atoms with E-state index in [1.165, 1.54) is 9.58 Å². The average molecular weight is 720 g/mol. The number of rotatable bonds is 5. The third-order valence-corrected chi connectivity index (χ3v) is 12.5. The molecule has 4 aliphatic heterocycles. The van der Waals surface area contributed by atoms with E-state index in [-0.39, 0.29) is 35.2 Å². The lowest BCUT2D eigenvalue weighted by Gasteiger charge is -2.30. The number of aromatic nitrogens is 2. The molecule has 5 N–H and O–H groups in total. The van der Waals surface area contributed by atoms with Gasteiger partial charge in [0.2, 0.25) is 11.8 Å². The number of thioether (sulfide) groups is 2. The molecule has 5 heterocycles. The number of aliphatic carboxylic acids is 1. The average Bonchev–Trinajstić information content (AvgIpc) is 3.56. The number of nitrogens with zero attached hydrogens (tertiary/aromatic N) is 3. The molecule has 3 amide bonds. The molecule has 6 rings (SSSR count). The number of carbonyl (C=O) groups is 4. The summed E-state index contributed by atoms with van der Waals surface area (Å²) in [4.78, 5) is 69.7. The van der Waals surface area contributed by atoms with Crippen LogP contribution in [0.3, 0.4) is 0 Å². The Balaban J connectivity index is 1.34. The first-order valence-corrected chi connectivity index (χ1v) is 19.6. The number of carbonyl (C=O) groups excluding carboxylic acids is 3. The highest BCUT2D eigenvalue weighted by Gasteiger charge is 2.62. The number of nitrogens with one attached hydrogen (secondary N) is 4. The molecule has 14 nitrogen and oxygen atoms in total. The van der Waals surface area contributed by atoms with Gasteiger partial charge in [-0.25, -0.2) is 14.3 Å². The van der Waals surface area contributed by atoms with Crippen molar-refractivity contribution < 1.29 is 29.0 Å². The van der Waals surface area contributed by atoms with Crippen LogP contribution >= 0.6 is 23.5 Å². The van der Waals surface area contributed by atoms with Gasteiger partial charge in [0.15, 0.2) is 0 Å². The minimum absolute atomic E-state index is 0.000276. The largest absolute Gasteiger partial charge is 0.479 e. The summed E-state index contributed by atoms with van der Waals surface area (Å²) in [6, 6.07) is -2.68. The summed E-state index contributed by atoms with van der Waals surface area (Å²) in [5.74, 6) is -0.513. The molecule has 1 aromatic heterocycles. The van der Waals surface area contributed by atoms with Crippen molar-refractivity contribution in [3.63, 3.8) is 0 Å². The van der Waals surface area contributed by atoms with Crippen LogP contribution in [0.25, 0.3) is 0 Å². The molecule has 16 heteroatoms. The van der Waals surface area contributed by atoms with E-state index in [1.807, 2.05) is 0 Å². The van der Waals surface area contributed by atoms with Crippen molar-refractivity contribution in [3.8, 4) is 0 Å². The molecule has 1 saturated carbocycles. The Kier molecular flexibility index (Phi) is 10.9. The highest BCUT2D eigenvalue weighted by Crippen LogP contribution is 2.48. The van der Waals surface area contributed by atoms with E-state index in [4.69, 9.17) is 4.74 Å². The molecule has 7 atom stereocenters. The van der Waals surface area contributed by atoms with Crippen molar-refractivity contribution in [2.24, 2.45) is 5.92 Å². The molecule has 1 aliphatic carbocycles. The molecule has 5 aliphatic rings. The van der Waals surface area contributed by atoms with Gasteiger partial charge in [-0.3, -0.25) is 14.4 Å². The molecule has 0 radical (unpaired) electrons. The van der Waals surface area contributed by atoms with Crippen LogP contribution in [-0.2, 0) is 19.1 Å². The Morgan fingerprint density at radius 1 is 1.02 bits per heavy atom. The van der Waals surface area contributed by atoms with Gasteiger partial charge in [-0.2, -0.15) is 5.10 Å². The SMILES string of the molecule is CC(C)(C)OC(=O)N[C@@H]1CCCCCCC[C@@H]2C[C@]2(C(=O)O)NC(=O)C2C[C@H](n3ncc(C4NCCS4)c(C4NCCS4)c3=O)CN2C1=O. The zero-order valence-corrected chi connectivity index (χ0v) is 30.1. The quantitative estimate of drug-likeness (QED) is 0.300. The molecule has 0 aromatic carbocycles. The van der Waals surface area contributed by atoms with Gasteiger partial charge in [-0.1, -0.05) is 32.1 Å². The van der Waals surface area contributed by atoms with Crippen LogP contribution in [0.15, 0.2) is 11.0 Å². The van der Waals surface area contributed by atoms with Gasteiger partial charge < -0.3 is 36.0 Å². The number of ether oxygens (including phenoxy) is 1. The number of hydrogen-bond donors (Lipinski definition) is 5. The molecule has 1 aromatic rings. The highest BCUT2D eigenvalue weighted by atomic mass is 32.2. The molecule has 270 valence electrons. The number of carboxylic acid groups (broad SMARTS) is 1. The number of hydrogen-bond acceptors (Lipinski definition) is 11. The maximum atomic E-state index is 14.4. The number of alkyl carbamates (subject to hydrolysis) is 1. The maximum Gasteiger partial charge on any atom is 0.408 e. The minimum Gasteiger partial charge on any atom is -0.479 e. The second kappa shape index (κ2) is 14.8. The highest BCUT2D eigenvalue weighted by molar-refractivity contribution is 8.00. The van der Waals surface area contributed by atoms with Gasteiger partial charge in [0.05, 0.1) is 28.5 Å². The fraction of sp³-hybridized carbons (Fsp3) is 0.758. The second-order valence-electron chi connectivity index (χ2n) is 14.8. The lowest BCUT2D eigenvalue weighted by Crippen LogP contribution is -2.56. The summed E-state index contributed by atoms with van der Waals surface area (Å²) in [7, 11) is 0. The predicted octanol–water partition coefficient (Wildman–Crippen LogP) is 2.65. The molecule has 0 bridgehead atoms. The van der Waals surface area contributed by atoms with E-state index in [1.54, 1.807) is 50.5 Å². The molecular weight excluding hydrogens is 671 g/mol. The van der Waals surface area contributed by atoms with Gasteiger partial charge in [0, 0.05) is 43.1 Å². The zero-order valence-electron chi connectivity index (χ0n) is 28.5. The first kappa shape index (κ1) is 36.0. The van der Waals surface area contributed by atoms with Crippen LogP contribution in [0.5, 0.6) is 0 Å². The van der Waals surface area contributed by atoms with Gasteiger partial charge in [0.25, 0.3) is 5.56 Å². The van der Waals surface area contributed by atoms with E-state index < -0.39 is 53.1 Å². The Morgan fingerprint density at radius 2 is 1.69 bits per heavy atom.